The quantitative estimate of drug-likeness (QED) is 0.562. The van der Waals surface area contributed by atoms with E-state index in [9.17, 15) is 9.59 Å². The van der Waals surface area contributed by atoms with E-state index in [-0.39, 0.29) is 5.69 Å². The van der Waals surface area contributed by atoms with Crippen LogP contribution in [0.1, 0.15) is 16.8 Å². The number of nitrogens with one attached hydrogen (secondary N) is 1. The molecule has 2 aromatic carbocycles. The van der Waals surface area contributed by atoms with Gasteiger partial charge in [-0.3, -0.25) is 9.36 Å². The van der Waals surface area contributed by atoms with E-state index in [0.29, 0.717) is 18.7 Å². The summed E-state index contributed by atoms with van der Waals surface area (Å²) in [5.41, 5.74) is 2.27. The molecule has 112 valence electrons. The van der Waals surface area contributed by atoms with Crippen LogP contribution in [0.15, 0.2) is 53.3 Å². The van der Waals surface area contributed by atoms with Gasteiger partial charge in [-0.25, -0.2) is 4.79 Å². The fourth-order valence-corrected chi connectivity index (χ4v) is 2.38. The third kappa shape index (κ3) is 2.93. The fourth-order valence-electron chi connectivity index (χ4n) is 2.38. The van der Waals surface area contributed by atoms with E-state index in [0.717, 1.165) is 29.5 Å². The number of carbonyl (C=O) groups is 1. The largest absolute Gasteiger partial charge is 0.494 e. The van der Waals surface area contributed by atoms with E-state index in [4.69, 9.17) is 4.74 Å². The van der Waals surface area contributed by atoms with Gasteiger partial charge in [0.15, 0.2) is 0 Å². The number of rotatable bonds is 6. The average Bonchev–Trinajstić information content (AvgIpc) is 2.88. The maximum Gasteiger partial charge on any atom is 0.326 e. The van der Waals surface area contributed by atoms with Crippen molar-refractivity contribution in [1.29, 1.82) is 0 Å². The summed E-state index contributed by atoms with van der Waals surface area (Å²) in [5, 5.41) is 0. The number of para-hydroxylation sites is 2. The van der Waals surface area contributed by atoms with Crippen molar-refractivity contribution in [2.45, 2.75) is 13.0 Å². The lowest BCUT2D eigenvalue weighted by molar-refractivity contribution is 0.112. The van der Waals surface area contributed by atoms with Crippen molar-refractivity contribution >= 4 is 17.3 Å². The number of aromatic amines is 1. The standard InChI is InChI=1S/C17H16N2O3/c20-12-13-6-8-14(9-7-13)22-11-3-10-19-16-5-2-1-4-15(16)18-17(19)21/h1-2,4-9,12H,3,10-11H2,(H,18,21). The van der Waals surface area contributed by atoms with Crippen molar-refractivity contribution in [1.82, 2.24) is 9.55 Å². The van der Waals surface area contributed by atoms with E-state index >= 15 is 0 Å². The van der Waals surface area contributed by atoms with Crippen LogP contribution >= 0.6 is 0 Å². The molecule has 3 aromatic rings. The second-order valence-electron chi connectivity index (χ2n) is 4.99. The van der Waals surface area contributed by atoms with Crippen LogP contribution in [0.2, 0.25) is 0 Å². The predicted octanol–water partition coefficient (Wildman–Crippen LogP) is 2.61. The number of fused-ring (bicyclic) bond motifs is 1. The van der Waals surface area contributed by atoms with Gasteiger partial charge in [-0.05, 0) is 42.8 Å². The number of nitrogens with zero attached hydrogens (tertiary/aromatic N) is 1. The minimum Gasteiger partial charge on any atom is -0.494 e. The van der Waals surface area contributed by atoms with Crippen molar-refractivity contribution in [2.75, 3.05) is 6.61 Å². The van der Waals surface area contributed by atoms with Gasteiger partial charge in [0.1, 0.15) is 12.0 Å². The second-order valence-corrected chi connectivity index (χ2v) is 4.99. The molecular weight excluding hydrogens is 280 g/mol. The Labute approximate surface area is 127 Å². The molecule has 0 aliphatic heterocycles. The van der Waals surface area contributed by atoms with E-state index in [1.165, 1.54) is 0 Å². The molecule has 0 saturated carbocycles. The lowest BCUT2D eigenvalue weighted by Gasteiger charge is -2.07. The van der Waals surface area contributed by atoms with Crippen LogP contribution in [-0.4, -0.2) is 22.4 Å². The molecule has 0 aliphatic rings. The van der Waals surface area contributed by atoms with Gasteiger partial charge in [0.2, 0.25) is 0 Å². The first-order valence-corrected chi connectivity index (χ1v) is 7.13. The molecular formula is C17H16N2O3. The highest BCUT2D eigenvalue weighted by Crippen LogP contribution is 2.12. The van der Waals surface area contributed by atoms with Crippen LogP contribution in [0.25, 0.3) is 11.0 Å². The van der Waals surface area contributed by atoms with E-state index in [1.54, 1.807) is 28.8 Å². The molecule has 1 N–H and O–H groups in total. The van der Waals surface area contributed by atoms with E-state index < -0.39 is 0 Å². The Morgan fingerprint density at radius 3 is 2.64 bits per heavy atom. The molecule has 3 rings (SSSR count). The number of benzene rings is 2. The summed E-state index contributed by atoms with van der Waals surface area (Å²) in [6.07, 6.45) is 1.52. The normalized spacial score (nSPS) is 10.7. The van der Waals surface area contributed by atoms with Crippen molar-refractivity contribution in [2.24, 2.45) is 0 Å². The molecule has 5 heteroatoms. The minimum absolute atomic E-state index is 0.100. The molecule has 5 nitrogen and oxygen atoms in total. The maximum absolute atomic E-state index is 11.9. The Morgan fingerprint density at radius 1 is 1.09 bits per heavy atom. The molecule has 0 amide bonds. The fraction of sp³-hybridized carbons (Fsp3) is 0.176. The van der Waals surface area contributed by atoms with Crippen LogP contribution in [-0.2, 0) is 6.54 Å². The average molecular weight is 296 g/mol. The molecule has 0 fully saturated rings. The zero-order valence-electron chi connectivity index (χ0n) is 12.0. The zero-order chi connectivity index (χ0) is 15.4. The van der Waals surface area contributed by atoms with Crippen LogP contribution in [0.4, 0.5) is 0 Å². The van der Waals surface area contributed by atoms with Crippen LogP contribution in [0, 0.1) is 0 Å². The summed E-state index contributed by atoms with van der Waals surface area (Å²) < 4.78 is 7.33. The van der Waals surface area contributed by atoms with Crippen molar-refractivity contribution < 1.29 is 9.53 Å². The van der Waals surface area contributed by atoms with Crippen molar-refractivity contribution in [3.63, 3.8) is 0 Å². The highest BCUT2D eigenvalue weighted by molar-refractivity contribution is 5.75. The molecule has 1 aromatic heterocycles. The molecule has 0 saturated heterocycles. The van der Waals surface area contributed by atoms with Gasteiger partial charge >= 0.3 is 5.69 Å². The van der Waals surface area contributed by atoms with Gasteiger partial charge in [-0.15, -0.1) is 0 Å². The summed E-state index contributed by atoms with van der Waals surface area (Å²) >= 11 is 0. The van der Waals surface area contributed by atoms with Crippen molar-refractivity contribution in [3.8, 4) is 5.75 Å². The Kier molecular flexibility index (Phi) is 4.05. The number of aldehydes is 1. The lowest BCUT2D eigenvalue weighted by atomic mass is 10.2. The third-order valence-electron chi connectivity index (χ3n) is 3.49. The predicted molar refractivity (Wildman–Crippen MR) is 84.5 cm³/mol. The number of carbonyl (C=O) groups excluding carboxylic acids is 1. The topological polar surface area (TPSA) is 64.1 Å². The molecule has 0 radical (unpaired) electrons. The minimum atomic E-state index is -0.100. The number of ether oxygens (including phenoxy) is 1. The zero-order valence-corrected chi connectivity index (χ0v) is 12.0. The van der Waals surface area contributed by atoms with Gasteiger partial charge in [0, 0.05) is 12.1 Å². The number of aryl methyl sites for hydroxylation is 1. The maximum atomic E-state index is 11.9. The molecule has 22 heavy (non-hydrogen) atoms. The molecule has 0 atom stereocenters. The first-order chi connectivity index (χ1) is 10.8. The molecule has 0 bridgehead atoms. The third-order valence-corrected chi connectivity index (χ3v) is 3.49. The van der Waals surface area contributed by atoms with Crippen LogP contribution < -0.4 is 10.4 Å². The van der Waals surface area contributed by atoms with E-state index in [1.807, 2.05) is 24.3 Å². The molecule has 0 aliphatic carbocycles. The molecule has 1 heterocycles. The smallest absolute Gasteiger partial charge is 0.326 e. The summed E-state index contributed by atoms with van der Waals surface area (Å²) in [7, 11) is 0. The van der Waals surface area contributed by atoms with Gasteiger partial charge in [-0.1, -0.05) is 12.1 Å². The Balaban J connectivity index is 1.59. The number of H-pyrrole nitrogens is 1. The van der Waals surface area contributed by atoms with Gasteiger partial charge < -0.3 is 9.72 Å². The Hall–Kier alpha value is -2.82. The first kappa shape index (κ1) is 14.1. The number of hydrogen-bond acceptors (Lipinski definition) is 3. The summed E-state index contributed by atoms with van der Waals surface area (Å²) in [6, 6.07) is 14.6. The molecule has 0 spiro atoms. The number of aromatic nitrogens is 2. The Morgan fingerprint density at radius 2 is 1.86 bits per heavy atom. The summed E-state index contributed by atoms with van der Waals surface area (Å²) in [4.78, 5) is 25.3. The van der Waals surface area contributed by atoms with Gasteiger partial charge in [0.05, 0.1) is 17.6 Å². The van der Waals surface area contributed by atoms with Gasteiger partial charge in [0.25, 0.3) is 0 Å². The SMILES string of the molecule is O=Cc1ccc(OCCCn2c(=O)[nH]c3ccccc32)cc1. The number of hydrogen-bond donors (Lipinski definition) is 1. The summed E-state index contributed by atoms with van der Waals surface area (Å²) in [6.45, 7) is 1.10. The number of imidazole rings is 1. The highest BCUT2D eigenvalue weighted by Gasteiger charge is 2.05. The lowest BCUT2D eigenvalue weighted by Crippen LogP contribution is -2.18. The van der Waals surface area contributed by atoms with Crippen LogP contribution in [0.5, 0.6) is 5.75 Å². The van der Waals surface area contributed by atoms with Crippen molar-refractivity contribution in [3.05, 3.63) is 64.6 Å². The second kappa shape index (κ2) is 6.30. The monoisotopic (exact) mass is 296 g/mol. The van der Waals surface area contributed by atoms with Crippen LogP contribution in [0.3, 0.4) is 0 Å². The first-order valence-electron chi connectivity index (χ1n) is 7.13. The Bertz CT molecular complexity index is 831. The highest BCUT2D eigenvalue weighted by atomic mass is 16.5. The summed E-state index contributed by atoms with van der Waals surface area (Å²) in [5.74, 6) is 0.719. The molecule has 0 unspecified atom stereocenters. The van der Waals surface area contributed by atoms with Gasteiger partial charge in [-0.2, -0.15) is 0 Å². The van der Waals surface area contributed by atoms with E-state index in [2.05, 4.69) is 4.98 Å².